The number of nitrogens with one attached hydrogen (secondary N) is 1. The molecule has 0 atom stereocenters. The minimum atomic E-state index is 0.841. The van der Waals surface area contributed by atoms with Gasteiger partial charge in [-0.15, -0.1) is 16.9 Å². The van der Waals surface area contributed by atoms with Crippen molar-refractivity contribution in [2.24, 2.45) is 0 Å². The maximum atomic E-state index is 5.09. The van der Waals surface area contributed by atoms with Crippen LogP contribution in [0.15, 0.2) is 29.3 Å². The Hall–Kier alpha value is -1.49. The van der Waals surface area contributed by atoms with Crippen molar-refractivity contribution < 1.29 is 4.74 Å². The molecule has 0 unspecified atom stereocenters. The van der Waals surface area contributed by atoms with Crippen LogP contribution in [0, 0.1) is 0 Å². The van der Waals surface area contributed by atoms with Crippen molar-refractivity contribution >= 4 is 11.8 Å². The molecule has 0 fully saturated rings. The first-order valence-electron chi connectivity index (χ1n) is 4.44. The lowest BCUT2D eigenvalue weighted by Crippen LogP contribution is -1.84. The molecule has 0 amide bonds. The molecule has 2 aromatic rings. The summed E-state index contributed by atoms with van der Waals surface area (Å²) in [5.41, 5.74) is 1.92. The molecule has 0 aliphatic carbocycles. The fourth-order valence-corrected chi connectivity index (χ4v) is 1.79. The molecule has 1 aromatic heterocycles. The Morgan fingerprint density at radius 1 is 1.20 bits per heavy atom. The number of aromatic amines is 1. The van der Waals surface area contributed by atoms with Gasteiger partial charge in [-0.25, -0.2) is 0 Å². The molecule has 1 heterocycles. The summed E-state index contributed by atoms with van der Waals surface area (Å²) in [6, 6.07) is 7.76. The minimum Gasteiger partial charge on any atom is -0.497 e. The van der Waals surface area contributed by atoms with Gasteiger partial charge >= 0.3 is 0 Å². The van der Waals surface area contributed by atoms with Gasteiger partial charge in [0.1, 0.15) is 16.5 Å². The molecule has 5 heteroatoms. The van der Waals surface area contributed by atoms with E-state index < -0.39 is 0 Å². The Kier molecular flexibility index (Phi) is 2.91. The number of nitrogens with zero attached hydrogens (tertiary/aromatic N) is 2. The molecule has 1 N–H and O–H groups in total. The van der Waals surface area contributed by atoms with Crippen molar-refractivity contribution in [1.82, 2.24) is 15.4 Å². The van der Waals surface area contributed by atoms with Crippen LogP contribution in [0.1, 0.15) is 0 Å². The average Bonchev–Trinajstić information content (AvgIpc) is 2.77. The van der Waals surface area contributed by atoms with E-state index in [-0.39, 0.29) is 0 Å². The first-order chi connectivity index (χ1) is 7.35. The third kappa shape index (κ3) is 1.97. The number of thioether (sulfide) groups is 1. The first-order valence-corrected chi connectivity index (χ1v) is 5.67. The van der Waals surface area contributed by atoms with E-state index in [0.29, 0.717) is 0 Å². The molecule has 4 nitrogen and oxygen atoms in total. The standard InChI is InChI=1S/C10H11N3OS/c1-14-8-5-3-7(4-6-8)9-10(15-2)12-13-11-9/h3-6H,1-2H3,(H,11,12,13). The van der Waals surface area contributed by atoms with Crippen molar-refractivity contribution in [3.63, 3.8) is 0 Å². The lowest BCUT2D eigenvalue weighted by atomic mass is 10.2. The maximum Gasteiger partial charge on any atom is 0.146 e. The van der Waals surface area contributed by atoms with Gasteiger partial charge in [0, 0.05) is 5.56 Å². The summed E-state index contributed by atoms with van der Waals surface area (Å²) in [7, 11) is 1.65. The van der Waals surface area contributed by atoms with E-state index >= 15 is 0 Å². The SMILES string of the molecule is COc1ccc(-c2n[nH]nc2SC)cc1. The van der Waals surface area contributed by atoms with Crippen molar-refractivity contribution in [3.05, 3.63) is 24.3 Å². The summed E-state index contributed by atoms with van der Waals surface area (Å²) < 4.78 is 5.09. The van der Waals surface area contributed by atoms with Gasteiger partial charge in [-0.3, -0.25) is 0 Å². The second kappa shape index (κ2) is 4.35. The van der Waals surface area contributed by atoms with Gasteiger partial charge in [0.25, 0.3) is 0 Å². The van der Waals surface area contributed by atoms with Crippen LogP contribution in [-0.4, -0.2) is 28.8 Å². The van der Waals surface area contributed by atoms with Gasteiger partial charge < -0.3 is 4.74 Å². The molecule has 0 aliphatic heterocycles. The van der Waals surface area contributed by atoms with Crippen molar-refractivity contribution in [2.75, 3.05) is 13.4 Å². The van der Waals surface area contributed by atoms with E-state index in [2.05, 4.69) is 15.4 Å². The van der Waals surface area contributed by atoms with Crippen LogP contribution in [-0.2, 0) is 0 Å². The van der Waals surface area contributed by atoms with Crippen LogP contribution in [0.5, 0.6) is 5.75 Å². The molecular formula is C10H11N3OS. The number of hydrogen-bond donors (Lipinski definition) is 1. The summed E-state index contributed by atoms with van der Waals surface area (Å²) in [5.74, 6) is 0.841. The summed E-state index contributed by atoms with van der Waals surface area (Å²) >= 11 is 1.57. The van der Waals surface area contributed by atoms with Gasteiger partial charge in [0.15, 0.2) is 0 Å². The summed E-state index contributed by atoms with van der Waals surface area (Å²) in [6.07, 6.45) is 1.98. The largest absolute Gasteiger partial charge is 0.497 e. The fourth-order valence-electron chi connectivity index (χ4n) is 1.30. The molecule has 1 aromatic carbocycles. The van der Waals surface area contributed by atoms with Crippen LogP contribution in [0.3, 0.4) is 0 Å². The second-order valence-corrected chi connectivity index (χ2v) is 3.70. The average molecular weight is 221 g/mol. The molecule has 2 rings (SSSR count). The van der Waals surface area contributed by atoms with Crippen LogP contribution >= 0.6 is 11.8 Å². The predicted octanol–water partition coefficient (Wildman–Crippen LogP) is 2.20. The summed E-state index contributed by atoms with van der Waals surface area (Å²) in [6.45, 7) is 0. The molecule has 78 valence electrons. The van der Waals surface area contributed by atoms with E-state index in [1.807, 2.05) is 30.5 Å². The monoisotopic (exact) mass is 221 g/mol. The molecule has 0 spiro atoms. The fraction of sp³-hybridized carbons (Fsp3) is 0.200. The van der Waals surface area contributed by atoms with Crippen molar-refractivity contribution in [2.45, 2.75) is 5.03 Å². The Bertz CT molecular complexity index is 438. The van der Waals surface area contributed by atoms with Gasteiger partial charge in [-0.1, -0.05) is 0 Å². The van der Waals surface area contributed by atoms with E-state index in [0.717, 1.165) is 22.0 Å². The van der Waals surface area contributed by atoms with Gasteiger partial charge in [-0.05, 0) is 30.5 Å². The van der Waals surface area contributed by atoms with Crippen LogP contribution in [0.25, 0.3) is 11.3 Å². The molecule has 0 saturated carbocycles. The zero-order chi connectivity index (χ0) is 10.7. The van der Waals surface area contributed by atoms with E-state index in [4.69, 9.17) is 4.74 Å². The Morgan fingerprint density at radius 2 is 1.93 bits per heavy atom. The quantitative estimate of drug-likeness (QED) is 0.807. The van der Waals surface area contributed by atoms with E-state index in [1.165, 1.54) is 0 Å². The number of H-pyrrole nitrogens is 1. The number of aromatic nitrogens is 3. The topological polar surface area (TPSA) is 50.8 Å². The predicted molar refractivity (Wildman–Crippen MR) is 60.2 cm³/mol. The third-order valence-electron chi connectivity index (χ3n) is 2.07. The van der Waals surface area contributed by atoms with E-state index in [1.54, 1.807) is 18.9 Å². The highest BCUT2D eigenvalue weighted by molar-refractivity contribution is 7.98. The second-order valence-electron chi connectivity index (χ2n) is 2.91. The normalized spacial score (nSPS) is 10.3. The van der Waals surface area contributed by atoms with E-state index in [9.17, 15) is 0 Å². The van der Waals surface area contributed by atoms with Crippen LogP contribution < -0.4 is 4.74 Å². The number of hydrogen-bond acceptors (Lipinski definition) is 4. The summed E-state index contributed by atoms with van der Waals surface area (Å²) in [4.78, 5) is 0. The zero-order valence-electron chi connectivity index (χ0n) is 8.52. The van der Waals surface area contributed by atoms with Crippen molar-refractivity contribution in [3.8, 4) is 17.0 Å². The maximum absolute atomic E-state index is 5.09. The Balaban J connectivity index is 2.37. The number of benzene rings is 1. The van der Waals surface area contributed by atoms with Crippen LogP contribution in [0.2, 0.25) is 0 Å². The molecule has 15 heavy (non-hydrogen) atoms. The van der Waals surface area contributed by atoms with Gasteiger partial charge in [-0.2, -0.15) is 10.3 Å². The number of ether oxygens (including phenoxy) is 1. The highest BCUT2D eigenvalue weighted by Gasteiger charge is 2.08. The van der Waals surface area contributed by atoms with Gasteiger partial charge in [0.2, 0.25) is 0 Å². The Morgan fingerprint density at radius 3 is 2.53 bits per heavy atom. The molecule has 0 aliphatic rings. The first kappa shape index (κ1) is 10.0. The molecule has 0 saturated heterocycles. The Labute approximate surface area is 92.0 Å². The zero-order valence-corrected chi connectivity index (χ0v) is 9.34. The highest BCUT2D eigenvalue weighted by atomic mass is 32.2. The van der Waals surface area contributed by atoms with Crippen molar-refractivity contribution in [1.29, 1.82) is 0 Å². The lowest BCUT2D eigenvalue weighted by Gasteiger charge is -2.01. The lowest BCUT2D eigenvalue weighted by molar-refractivity contribution is 0.415. The smallest absolute Gasteiger partial charge is 0.146 e. The molecule has 0 radical (unpaired) electrons. The molecular weight excluding hydrogens is 210 g/mol. The third-order valence-corrected chi connectivity index (χ3v) is 2.74. The van der Waals surface area contributed by atoms with Gasteiger partial charge in [0.05, 0.1) is 7.11 Å². The summed E-state index contributed by atoms with van der Waals surface area (Å²) in [5, 5.41) is 11.7. The minimum absolute atomic E-state index is 0.841. The van der Waals surface area contributed by atoms with Crippen LogP contribution in [0.4, 0.5) is 0 Å². The molecule has 0 bridgehead atoms. The highest BCUT2D eigenvalue weighted by Crippen LogP contribution is 2.26. The number of methoxy groups -OCH3 is 1. The number of rotatable bonds is 3.